The topological polar surface area (TPSA) is 61.2 Å². The van der Waals surface area contributed by atoms with Crippen LogP contribution in [0.3, 0.4) is 0 Å². The van der Waals surface area contributed by atoms with Gasteiger partial charge in [0, 0.05) is 10.9 Å². The van der Waals surface area contributed by atoms with Crippen LogP contribution in [-0.2, 0) is 16.1 Å². The summed E-state index contributed by atoms with van der Waals surface area (Å²) in [4.78, 5) is 30.6. The highest BCUT2D eigenvalue weighted by atomic mass is 32.1. The lowest BCUT2D eigenvalue weighted by molar-refractivity contribution is -0.151. The first-order valence-corrected chi connectivity index (χ1v) is 10.6. The normalized spacial score (nSPS) is 15.1. The molecule has 5 nitrogen and oxygen atoms in total. The molecule has 6 heteroatoms. The van der Waals surface area contributed by atoms with Gasteiger partial charge in [-0.3, -0.25) is 14.2 Å². The third-order valence-corrected chi connectivity index (χ3v) is 6.27. The van der Waals surface area contributed by atoms with E-state index in [4.69, 9.17) is 4.74 Å². The Morgan fingerprint density at radius 2 is 2.00 bits per heavy atom. The van der Waals surface area contributed by atoms with Crippen LogP contribution in [0.25, 0.3) is 21.3 Å². The molecule has 0 amide bonds. The minimum Gasteiger partial charge on any atom is -0.461 e. The van der Waals surface area contributed by atoms with E-state index in [1.165, 1.54) is 34.2 Å². The van der Waals surface area contributed by atoms with Crippen LogP contribution in [-0.4, -0.2) is 21.6 Å². The fourth-order valence-electron chi connectivity index (χ4n) is 3.94. The zero-order chi connectivity index (χ0) is 19.7. The highest BCUT2D eigenvalue weighted by Crippen LogP contribution is 2.33. The molecule has 1 aromatic carbocycles. The van der Waals surface area contributed by atoms with Crippen molar-refractivity contribution in [3.05, 3.63) is 51.4 Å². The number of rotatable bonds is 4. The van der Waals surface area contributed by atoms with E-state index in [2.05, 4.69) is 18.0 Å². The number of aryl methyl sites for hydroxylation is 2. The Hall–Kier alpha value is -2.47. The van der Waals surface area contributed by atoms with Gasteiger partial charge in [-0.05, 0) is 50.7 Å². The molecule has 0 bridgehead atoms. The molecule has 1 aliphatic rings. The van der Waals surface area contributed by atoms with E-state index < -0.39 is 0 Å². The van der Waals surface area contributed by atoms with Crippen molar-refractivity contribution in [3.8, 4) is 11.1 Å². The number of esters is 1. The van der Waals surface area contributed by atoms with Gasteiger partial charge < -0.3 is 4.74 Å². The van der Waals surface area contributed by atoms with Crippen molar-refractivity contribution >= 4 is 27.5 Å². The number of carbonyl (C=O) groups is 1. The van der Waals surface area contributed by atoms with E-state index in [1.807, 2.05) is 24.4 Å². The minimum atomic E-state index is -0.363. The van der Waals surface area contributed by atoms with E-state index in [1.54, 1.807) is 0 Å². The van der Waals surface area contributed by atoms with Gasteiger partial charge in [-0.15, -0.1) is 11.3 Å². The highest BCUT2D eigenvalue weighted by Gasteiger charge is 2.20. The predicted molar refractivity (Wildman–Crippen MR) is 112 cm³/mol. The maximum absolute atomic E-state index is 13.1. The van der Waals surface area contributed by atoms with Crippen LogP contribution in [0.15, 0.2) is 34.7 Å². The number of thiophene rings is 1. The lowest BCUT2D eigenvalue weighted by atomic mass is 9.98. The van der Waals surface area contributed by atoms with Gasteiger partial charge in [0.1, 0.15) is 17.5 Å². The van der Waals surface area contributed by atoms with Crippen LogP contribution in [0.1, 0.15) is 43.2 Å². The van der Waals surface area contributed by atoms with Crippen LogP contribution in [0.4, 0.5) is 0 Å². The molecule has 0 saturated heterocycles. The third-order valence-electron chi connectivity index (χ3n) is 5.38. The summed E-state index contributed by atoms with van der Waals surface area (Å²) in [5.41, 5.74) is 4.01. The van der Waals surface area contributed by atoms with Gasteiger partial charge in [0.2, 0.25) is 0 Å². The lowest BCUT2D eigenvalue weighted by Crippen LogP contribution is -2.28. The fraction of sp³-hybridized carbons (Fsp3) is 0.409. The van der Waals surface area contributed by atoms with Crippen LogP contribution in [0.2, 0.25) is 0 Å². The van der Waals surface area contributed by atoms with Crippen LogP contribution in [0.5, 0.6) is 0 Å². The first-order valence-electron chi connectivity index (χ1n) is 9.76. The quantitative estimate of drug-likeness (QED) is 0.604. The molecule has 4 rings (SSSR count). The number of hydrogen-bond acceptors (Lipinski definition) is 5. The molecule has 0 atom stereocenters. The average Bonchev–Trinajstić information content (AvgIpc) is 3.09. The van der Waals surface area contributed by atoms with Crippen molar-refractivity contribution in [2.45, 2.75) is 58.6 Å². The monoisotopic (exact) mass is 396 g/mol. The molecule has 0 spiro atoms. The molecule has 2 heterocycles. The average molecular weight is 397 g/mol. The summed E-state index contributed by atoms with van der Waals surface area (Å²) in [6.45, 7) is 4.00. The molecular formula is C22H24N2O3S. The maximum atomic E-state index is 13.1. The number of benzene rings is 1. The standard InChI is InChI=1S/C22H24N2O3S/c1-14-8-9-17(15(2)10-14)18-12-28-21-20(18)22(26)24(13-23-21)11-19(25)27-16-6-4-3-5-7-16/h8-10,12-13,16H,3-7,11H2,1-2H3. The second-order valence-corrected chi connectivity index (χ2v) is 8.43. The van der Waals surface area contributed by atoms with Crippen molar-refractivity contribution in [2.75, 3.05) is 0 Å². The Labute approximate surface area is 168 Å². The van der Waals surface area contributed by atoms with E-state index in [0.717, 1.165) is 42.4 Å². The second kappa shape index (κ2) is 7.87. The molecule has 28 heavy (non-hydrogen) atoms. The van der Waals surface area contributed by atoms with Gasteiger partial charge in [0.25, 0.3) is 5.56 Å². The largest absolute Gasteiger partial charge is 0.461 e. The van der Waals surface area contributed by atoms with Crippen molar-refractivity contribution in [2.24, 2.45) is 0 Å². The number of ether oxygens (including phenoxy) is 1. The third kappa shape index (κ3) is 3.74. The summed E-state index contributed by atoms with van der Waals surface area (Å²) in [5.74, 6) is -0.363. The summed E-state index contributed by atoms with van der Waals surface area (Å²) in [6.07, 6.45) is 6.67. The van der Waals surface area contributed by atoms with Gasteiger partial charge in [0.05, 0.1) is 11.7 Å². The Kier molecular flexibility index (Phi) is 5.31. The molecule has 0 radical (unpaired) electrons. The molecular weight excluding hydrogens is 372 g/mol. The van der Waals surface area contributed by atoms with Gasteiger partial charge in [-0.25, -0.2) is 4.98 Å². The molecule has 1 fully saturated rings. The van der Waals surface area contributed by atoms with E-state index in [-0.39, 0.29) is 24.2 Å². The lowest BCUT2D eigenvalue weighted by Gasteiger charge is -2.21. The first-order chi connectivity index (χ1) is 13.5. The first kappa shape index (κ1) is 18.9. The van der Waals surface area contributed by atoms with Gasteiger partial charge in [-0.2, -0.15) is 0 Å². The summed E-state index contributed by atoms with van der Waals surface area (Å²) in [6, 6.07) is 6.19. The Morgan fingerprint density at radius 3 is 2.75 bits per heavy atom. The molecule has 146 valence electrons. The van der Waals surface area contributed by atoms with Crippen molar-refractivity contribution in [1.82, 2.24) is 9.55 Å². The highest BCUT2D eigenvalue weighted by molar-refractivity contribution is 7.17. The molecule has 0 N–H and O–H groups in total. The number of carbonyl (C=O) groups excluding carboxylic acids is 1. The van der Waals surface area contributed by atoms with Crippen molar-refractivity contribution < 1.29 is 9.53 Å². The fourth-order valence-corrected chi connectivity index (χ4v) is 4.84. The maximum Gasteiger partial charge on any atom is 0.326 e. The molecule has 0 aliphatic heterocycles. The summed E-state index contributed by atoms with van der Waals surface area (Å²) < 4.78 is 6.94. The van der Waals surface area contributed by atoms with E-state index in [9.17, 15) is 9.59 Å². The van der Waals surface area contributed by atoms with Crippen LogP contribution >= 0.6 is 11.3 Å². The molecule has 3 aromatic rings. The Morgan fingerprint density at radius 1 is 1.21 bits per heavy atom. The van der Waals surface area contributed by atoms with Gasteiger partial charge in [-0.1, -0.05) is 30.2 Å². The molecule has 1 saturated carbocycles. The summed E-state index contributed by atoms with van der Waals surface area (Å²) in [5, 5.41) is 2.55. The number of aromatic nitrogens is 2. The number of nitrogens with zero attached hydrogens (tertiary/aromatic N) is 2. The van der Waals surface area contributed by atoms with Crippen molar-refractivity contribution in [3.63, 3.8) is 0 Å². The number of hydrogen-bond donors (Lipinski definition) is 0. The second-order valence-electron chi connectivity index (χ2n) is 7.58. The van der Waals surface area contributed by atoms with E-state index >= 15 is 0 Å². The SMILES string of the molecule is Cc1ccc(-c2csc3ncn(CC(=O)OC4CCCCC4)c(=O)c23)c(C)c1. The van der Waals surface area contributed by atoms with Gasteiger partial charge >= 0.3 is 5.97 Å². The number of fused-ring (bicyclic) bond motifs is 1. The molecule has 2 aromatic heterocycles. The summed E-state index contributed by atoms with van der Waals surface area (Å²) >= 11 is 1.45. The zero-order valence-electron chi connectivity index (χ0n) is 16.2. The Balaban J connectivity index is 1.64. The van der Waals surface area contributed by atoms with Crippen molar-refractivity contribution in [1.29, 1.82) is 0 Å². The van der Waals surface area contributed by atoms with Crippen LogP contribution in [0, 0.1) is 13.8 Å². The summed E-state index contributed by atoms with van der Waals surface area (Å²) in [7, 11) is 0. The molecule has 1 aliphatic carbocycles. The predicted octanol–water partition coefficient (Wildman–Crippen LogP) is 4.62. The Bertz CT molecular complexity index is 1080. The zero-order valence-corrected chi connectivity index (χ0v) is 17.1. The minimum absolute atomic E-state index is 0.0134. The smallest absolute Gasteiger partial charge is 0.326 e. The van der Waals surface area contributed by atoms with Gasteiger partial charge in [0.15, 0.2) is 0 Å². The van der Waals surface area contributed by atoms with Crippen LogP contribution < -0.4 is 5.56 Å². The molecule has 0 unspecified atom stereocenters. The van der Waals surface area contributed by atoms with E-state index in [0.29, 0.717) is 10.2 Å².